The van der Waals surface area contributed by atoms with Crippen LogP contribution in [0.4, 0.5) is 8.78 Å². The highest BCUT2D eigenvalue weighted by molar-refractivity contribution is 5.92. The van der Waals surface area contributed by atoms with Crippen molar-refractivity contribution in [1.29, 1.82) is 0 Å². The standard InChI is InChI=1S/C18H27F2N3O3/c1-4-14(5-2)23-15(10-12(3)21-23)17(26)22-8-6-13(11-16(24)25)18(19,20)7-9-22/h10,13-14H,4-9,11H2,1-3H3,(H,24,25). The molecule has 0 spiro atoms. The first kappa shape index (κ1) is 20.3. The number of hydrogen-bond donors (Lipinski definition) is 1. The zero-order valence-electron chi connectivity index (χ0n) is 15.5. The summed E-state index contributed by atoms with van der Waals surface area (Å²) in [6.07, 6.45) is 0.505. The van der Waals surface area contributed by atoms with E-state index >= 15 is 0 Å². The van der Waals surface area contributed by atoms with Gasteiger partial charge >= 0.3 is 5.97 Å². The fraction of sp³-hybridized carbons (Fsp3) is 0.722. The molecule has 1 aliphatic heterocycles. The molecular weight excluding hydrogens is 344 g/mol. The van der Waals surface area contributed by atoms with Gasteiger partial charge in [0.05, 0.1) is 18.2 Å². The highest BCUT2D eigenvalue weighted by Gasteiger charge is 2.43. The molecule has 6 nitrogen and oxygen atoms in total. The molecule has 1 aliphatic rings. The second-order valence-corrected chi connectivity index (χ2v) is 6.97. The van der Waals surface area contributed by atoms with E-state index in [2.05, 4.69) is 5.10 Å². The number of nitrogens with zero attached hydrogens (tertiary/aromatic N) is 3. The number of carbonyl (C=O) groups is 2. The molecule has 1 aromatic rings. The van der Waals surface area contributed by atoms with Gasteiger partial charge in [-0.2, -0.15) is 5.10 Å². The average Bonchev–Trinajstić information content (AvgIpc) is 2.88. The van der Waals surface area contributed by atoms with Crippen molar-refractivity contribution < 1.29 is 23.5 Å². The summed E-state index contributed by atoms with van der Waals surface area (Å²) in [5.41, 5.74) is 1.13. The molecule has 0 saturated carbocycles. The van der Waals surface area contributed by atoms with E-state index < -0.39 is 30.7 Å². The summed E-state index contributed by atoms with van der Waals surface area (Å²) in [6, 6.07) is 1.77. The van der Waals surface area contributed by atoms with Gasteiger partial charge < -0.3 is 10.0 Å². The third-order valence-electron chi connectivity index (χ3n) is 5.13. The number of halogens is 2. The van der Waals surface area contributed by atoms with Crippen LogP contribution in [0.25, 0.3) is 0 Å². The number of carbonyl (C=O) groups excluding carboxylic acids is 1. The molecule has 1 saturated heterocycles. The zero-order chi connectivity index (χ0) is 19.5. The van der Waals surface area contributed by atoms with Crippen LogP contribution in [0.5, 0.6) is 0 Å². The molecule has 0 aliphatic carbocycles. The van der Waals surface area contributed by atoms with Crippen LogP contribution in [0, 0.1) is 12.8 Å². The molecule has 8 heteroatoms. The predicted octanol–water partition coefficient (Wildman–Crippen LogP) is 3.51. The molecular formula is C18H27F2N3O3. The SMILES string of the molecule is CCC(CC)n1nc(C)cc1C(=O)N1CCC(CC(=O)O)C(F)(F)CC1. The van der Waals surface area contributed by atoms with Crippen molar-refractivity contribution in [2.75, 3.05) is 13.1 Å². The molecule has 1 unspecified atom stereocenters. The lowest BCUT2D eigenvalue weighted by Gasteiger charge is -2.23. The third kappa shape index (κ3) is 4.40. The van der Waals surface area contributed by atoms with E-state index in [9.17, 15) is 18.4 Å². The van der Waals surface area contributed by atoms with Gasteiger partial charge in [-0.25, -0.2) is 8.78 Å². The van der Waals surface area contributed by atoms with Crippen LogP contribution in [0.3, 0.4) is 0 Å². The van der Waals surface area contributed by atoms with Gasteiger partial charge in [0, 0.05) is 25.4 Å². The van der Waals surface area contributed by atoms with Crippen molar-refractivity contribution in [2.24, 2.45) is 5.92 Å². The number of rotatable bonds is 6. The minimum absolute atomic E-state index is 0.0247. The number of likely N-dealkylation sites (tertiary alicyclic amines) is 1. The van der Waals surface area contributed by atoms with E-state index in [4.69, 9.17) is 5.11 Å². The Morgan fingerprint density at radius 2 is 2.00 bits per heavy atom. The predicted molar refractivity (Wildman–Crippen MR) is 92.4 cm³/mol. The number of aryl methyl sites for hydroxylation is 1. The van der Waals surface area contributed by atoms with Crippen molar-refractivity contribution in [3.63, 3.8) is 0 Å². The lowest BCUT2D eigenvalue weighted by molar-refractivity contribution is -0.143. The van der Waals surface area contributed by atoms with E-state index in [-0.39, 0.29) is 31.5 Å². The highest BCUT2D eigenvalue weighted by Crippen LogP contribution is 2.36. The van der Waals surface area contributed by atoms with Crippen molar-refractivity contribution in [2.45, 2.75) is 64.8 Å². The van der Waals surface area contributed by atoms with Gasteiger partial charge in [0.15, 0.2) is 0 Å². The van der Waals surface area contributed by atoms with Gasteiger partial charge in [0.1, 0.15) is 5.69 Å². The average molecular weight is 371 g/mol. The second kappa shape index (κ2) is 8.14. The Morgan fingerprint density at radius 3 is 2.58 bits per heavy atom. The number of hydrogen-bond acceptors (Lipinski definition) is 3. The topological polar surface area (TPSA) is 75.4 Å². The molecule has 1 N–H and O–H groups in total. The molecule has 1 amide bonds. The van der Waals surface area contributed by atoms with E-state index in [0.29, 0.717) is 11.4 Å². The smallest absolute Gasteiger partial charge is 0.303 e. The van der Waals surface area contributed by atoms with E-state index in [1.165, 1.54) is 4.90 Å². The van der Waals surface area contributed by atoms with Gasteiger partial charge in [-0.15, -0.1) is 0 Å². The largest absolute Gasteiger partial charge is 0.481 e. The number of alkyl halides is 2. The van der Waals surface area contributed by atoms with Crippen LogP contribution in [0.1, 0.15) is 68.2 Å². The molecule has 2 rings (SSSR count). The first-order chi connectivity index (χ1) is 12.2. The number of aliphatic carboxylic acids is 1. The second-order valence-electron chi connectivity index (χ2n) is 6.97. The number of amides is 1. The van der Waals surface area contributed by atoms with Crippen LogP contribution in [0.2, 0.25) is 0 Å². The fourth-order valence-corrected chi connectivity index (χ4v) is 3.54. The van der Waals surface area contributed by atoms with Crippen LogP contribution in [-0.4, -0.2) is 50.7 Å². The molecule has 26 heavy (non-hydrogen) atoms. The zero-order valence-corrected chi connectivity index (χ0v) is 15.5. The van der Waals surface area contributed by atoms with Gasteiger partial charge in [-0.3, -0.25) is 14.3 Å². The molecule has 2 heterocycles. The Labute approximate surface area is 152 Å². The molecule has 0 bridgehead atoms. The van der Waals surface area contributed by atoms with Crippen molar-refractivity contribution in [3.05, 3.63) is 17.5 Å². The van der Waals surface area contributed by atoms with Gasteiger partial charge in [-0.05, 0) is 32.3 Å². The minimum atomic E-state index is -3.08. The van der Waals surface area contributed by atoms with E-state index in [1.807, 2.05) is 13.8 Å². The van der Waals surface area contributed by atoms with Crippen LogP contribution >= 0.6 is 0 Å². The summed E-state index contributed by atoms with van der Waals surface area (Å²) in [5, 5.41) is 13.3. The monoisotopic (exact) mass is 371 g/mol. The summed E-state index contributed by atoms with van der Waals surface area (Å²) in [4.78, 5) is 25.2. The molecule has 0 aromatic carbocycles. The fourth-order valence-electron chi connectivity index (χ4n) is 3.54. The Kier molecular flexibility index (Phi) is 6.36. The van der Waals surface area contributed by atoms with Crippen molar-refractivity contribution >= 4 is 11.9 Å². The summed E-state index contributed by atoms with van der Waals surface area (Å²) in [7, 11) is 0. The van der Waals surface area contributed by atoms with Crippen LogP contribution < -0.4 is 0 Å². The first-order valence-electron chi connectivity index (χ1n) is 9.14. The molecule has 1 fully saturated rings. The van der Waals surface area contributed by atoms with Crippen LogP contribution in [0.15, 0.2) is 6.07 Å². The van der Waals surface area contributed by atoms with Crippen LogP contribution in [-0.2, 0) is 4.79 Å². The summed E-state index contributed by atoms with van der Waals surface area (Å²) < 4.78 is 30.2. The number of aromatic nitrogens is 2. The lowest BCUT2D eigenvalue weighted by atomic mass is 9.93. The number of carboxylic acids is 1. The Morgan fingerprint density at radius 1 is 1.35 bits per heavy atom. The summed E-state index contributed by atoms with van der Waals surface area (Å²) in [5.74, 6) is -5.89. The molecule has 1 atom stereocenters. The van der Waals surface area contributed by atoms with Crippen molar-refractivity contribution in [3.8, 4) is 0 Å². The van der Waals surface area contributed by atoms with Crippen molar-refractivity contribution in [1.82, 2.24) is 14.7 Å². The highest BCUT2D eigenvalue weighted by atomic mass is 19.3. The van der Waals surface area contributed by atoms with Gasteiger partial charge in [0.2, 0.25) is 0 Å². The Bertz CT molecular complexity index is 656. The normalized spacial score (nSPS) is 20.2. The van der Waals surface area contributed by atoms with Gasteiger partial charge in [0.25, 0.3) is 11.8 Å². The summed E-state index contributed by atoms with van der Waals surface area (Å²) >= 11 is 0. The maximum absolute atomic E-state index is 14.2. The Balaban J connectivity index is 2.22. The molecule has 1 aromatic heterocycles. The quantitative estimate of drug-likeness (QED) is 0.830. The lowest BCUT2D eigenvalue weighted by Crippen LogP contribution is -2.34. The summed E-state index contributed by atoms with van der Waals surface area (Å²) in [6.45, 7) is 5.87. The minimum Gasteiger partial charge on any atom is -0.481 e. The van der Waals surface area contributed by atoms with E-state index in [0.717, 1.165) is 12.8 Å². The maximum Gasteiger partial charge on any atom is 0.303 e. The Hall–Kier alpha value is -1.99. The maximum atomic E-state index is 14.2. The molecule has 146 valence electrons. The third-order valence-corrected chi connectivity index (χ3v) is 5.13. The first-order valence-corrected chi connectivity index (χ1v) is 9.14. The molecule has 0 radical (unpaired) electrons. The number of carboxylic acid groups (broad SMARTS) is 1. The van der Waals surface area contributed by atoms with E-state index in [1.54, 1.807) is 17.7 Å². The van der Waals surface area contributed by atoms with Gasteiger partial charge in [-0.1, -0.05) is 13.8 Å².